The highest BCUT2D eigenvalue weighted by molar-refractivity contribution is 5.92. The zero-order valence-electron chi connectivity index (χ0n) is 15.6. The third-order valence-corrected chi connectivity index (χ3v) is 4.43. The molecule has 0 radical (unpaired) electrons. The minimum Gasteiger partial charge on any atom is -0.326 e. The van der Waals surface area contributed by atoms with E-state index in [1.807, 2.05) is 86.6 Å². The molecule has 1 atom stereocenters. The maximum Gasteiger partial charge on any atom is 0.228 e. The number of hydrogen-bond acceptors (Lipinski definition) is 3. The van der Waals surface area contributed by atoms with Gasteiger partial charge in [-0.15, -0.1) is 0 Å². The standard InChI is InChI=1S/C23H24N2O2/c1-16-9-11-21(12-10-16)25-22(26)15-18-6-4-8-20(14-18)23(27-24)19-7-3-5-17(2)13-19/h3-14,23H,15,24H2,1-2H3,(H,25,26). The Balaban J connectivity index is 1.74. The summed E-state index contributed by atoms with van der Waals surface area (Å²) in [6, 6.07) is 23.6. The van der Waals surface area contributed by atoms with Crippen LogP contribution in [0.5, 0.6) is 0 Å². The summed E-state index contributed by atoms with van der Waals surface area (Å²) >= 11 is 0. The van der Waals surface area contributed by atoms with Crippen LogP contribution in [0.25, 0.3) is 0 Å². The molecule has 0 saturated heterocycles. The summed E-state index contributed by atoms with van der Waals surface area (Å²) in [5, 5.41) is 2.92. The van der Waals surface area contributed by atoms with Gasteiger partial charge in [0.1, 0.15) is 6.10 Å². The number of rotatable bonds is 6. The number of nitrogens with two attached hydrogens (primary N) is 1. The lowest BCUT2D eigenvalue weighted by atomic mass is 9.97. The van der Waals surface area contributed by atoms with Crippen molar-refractivity contribution in [1.29, 1.82) is 0 Å². The van der Waals surface area contributed by atoms with Gasteiger partial charge in [0.05, 0.1) is 6.42 Å². The maximum atomic E-state index is 12.4. The second kappa shape index (κ2) is 8.62. The van der Waals surface area contributed by atoms with E-state index in [2.05, 4.69) is 5.32 Å². The van der Waals surface area contributed by atoms with Gasteiger partial charge >= 0.3 is 0 Å². The third kappa shape index (κ3) is 5.03. The van der Waals surface area contributed by atoms with Crippen LogP contribution < -0.4 is 11.2 Å². The number of carbonyl (C=O) groups is 1. The normalized spacial score (nSPS) is 11.8. The molecule has 4 nitrogen and oxygen atoms in total. The van der Waals surface area contributed by atoms with Crippen LogP contribution in [0.15, 0.2) is 72.8 Å². The molecule has 138 valence electrons. The Labute approximate surface area is 159 Å². The van der Waals surface area contributed by atoms with Crippen LogP contribution in [0.1, 0.15) is 33.9 Å². The molecule has 1 unspecified atom stereocenters. The Kier molecular flexibility index (Phi) is 6.01. The molecule has 0 heterocycles. The molecular weight excluding hydrogens is 336 g/mol. The summed E-state index contributed by atoms with van der Waals surface area (Å²) in [5.74, 6) is 5.51. The molecular formula is C23H24N2O2. The van der Waals surface area contributed by atoms with Crippen LogP contribution in [0, 0.1) is 13.8 Å². The minimum atomic E-state index is -0.370. The summed E-state index contributed by atoms with van der Waals surface area (Å²) in [6.45, 7) is 4.05. The quantitative estimate of drug-likeness (QED) is 0.638. The summed E-state index contributed by atoms with van der Waals surface area (Å²) in [6.07, 6.45) is -0.0858. The molecule has 3 rings (SSSR count). The van der Waals surface area contributed by atoms with E-state index in [1.54, 1.807) is 0 Å². The predicted molar refractivity (Wildman–Crippen MR) is 108 cm³/mol. The molecule has 0 bridgehead atoms. The van der Waals surface area contributed by atoms with Crippen molar-refractivity contribution in [2.24, 2.45) is 5.90 Å². The molecule has 0 aliphatic carbocycles. The Bertz CT molecular complexity index is 920. The van der Waals surface area contributed by atoms with Crippen molar-refractivity contribution < 1.29 is 9.63 Å². The fraction of sp³-hybridized carbons (Fsp3) is 0.174. The number of amides is 1. The van der Waals surface area contributed by atoms with Gasteiger partial charge in [-0.3, -0.25) is 9.63 Å². The van der Waals surface area contributed by atoms with Gasteiger partial charge in [-0.1, -0.05) is 71.8 Å². The van der Waals surface area contributed by atoms with E-state index < -0.39 is 0 Å². The van der Waals surface area contributed by atoms with Crippen molar-refractivity contribution in [1.82, 2.24) is 0 Å². The van der Waals surface area contributed by atoms with Crippen LogP contribution in [0.2, 0.25) is 0 Å². The summed E-state index contributed by atoms with van der Waals surface area (Å²) in [7, 11) is 0. The number of benzene rings is 3. The first kappa shape index (κ1) is 18.8. The van der Waals surface area contributed by atoms with E-state index in [1.165, 1.54) is 0 Å². The molecule has 0 aromatic heterocycles. The van der Waals surface area contributed by atoms with Gasteiger partial charge in [0.25, 0.3) is 0 Å². The van der Waals surface area contributed by atoms with Gasteiger partial charge in [0.15, 0.2) is 0 Å². The monoisotopic (exact) mass is 360 g/mol. The van der Waals surface area contributed by atoms with Crippen LogP contribution in [0.3, 0.4) is 0 Å². The highest BCUT2D eigenvalue weighted by atomic mass is 16.6. The van der Waals surface area contributed by atoms with Crippen LogP contribution >= 0.6 is 0 Å². The zero-order chi connectivity index (χ0) is 19.2. The average Bonchev–Trinajstić information content (AvgIpc) is 2.65. The summed E-state index contributed by atoms with van der Waals surface area (Å²) in [5.41, 5.74) is 5.91. The van der Waals surface area contributed by atoms with Crippen LogP contribution in [0.4, 0.5) is 5.69 Å². The van der Waals surface area contributed by atoms with E-state index in [4.69, 9.17) is 10.7 Å². The van der Waals surface area contributed by atoms with E-state index in [9.17, 15) is 4.79 Å². The zero-order valence-corrected chi connectivity index (χ0v) is 15.6. The van der Waals surface area contributed by atoms with Crippen molar-refractivity contribution in [3.05, 3.63) is 101 Å². The van der Waals surface area contributed by atoms with Gasteiger partial charge < -0.3 is 5.32 Å². The molecule has 0 fully saturated rings. The van der Waals surface area contributed by atoms with Crippen molar-refractivity contribution in [2.75, 3.05) is 5.32 Å². The SMILES string of the molecule is Cc1ccc(NC(=O)Cc2cccc(C(ON)c3cccc(C)c3)c2)cc1. The largest absolute Gasteiger partial charge is 0.326 e. The van der Waals surface area contributed by atoms with E-state index in [-0.39, 0.29) is 18.4 Å². The predicted octanol–water partition coefficient (Wildman–Crippen LogP) is 4.46. The first-order valence-corrected chi connectivity index (χ1v) is 8.92. The Morgan fingerprint density at radius 2 is 1.59 bits per heavy atom. The Morgan fingerprint density at radius 3 is 2.26 bits per heavy atom. The van der Waals surface area contributed by atoms with E-state index in [0.717, 1.165) is 33.5 Å². The lowest BCUT2D eigenvalue weighted by molar-refractivity contribution is -0.115. The summed E-state index contributed by atoms with van der Waals surface area (Å²) in [4.78, 5) is 17.6. The van der Waals surface area contributed by atoms with Gasteiger partial charge in [-0.2, -0.15) is 0 Å². The van der Waals surface area contributed by atoms with Gasteiger partial charge in [-0.05, 0) is 42.7 Å². The summed E-state index contributed by atoms with van der Waals surface area (Å²) < 4.78 is 0. The molecule has 0 aliphatic heterocycles. The van der Waals surface area contributed by atoms with Crippen LogP contribution in [-0.2, 0) is 16.1 Å². The van der Waals surface area contributed by atoms with Gasteiger partial charge in [0.2, 0.25) is 5.91 Å². The smallest absolute Gasteiger partial charge is 0.228 e. The van der Waals surface area contributed by atoms with Crippen molar-refractivity contribution >= 4 is 11.6 Å². The molecule has 27 heavy (non-hydrogen) atoms. The topological polar surface area (TPSA) is 64.3 Å². The van der Waals surface area contributed by atoms with Crippen molar-refractivity contribution in [2.45, 2.75) is 26.4 Å². The number of anilines is 1. The highest BCUT2D eigenvalue weighted by Crippen LogP contribution is 2.26. The molecule has 0 spiro atoms. The molecule has 3 aromatic carbocycles. The van der Waals surface area contributed by atoms with Crippen molar-refractivity contribution in [3.8, 4) is 0 Å². The highest BCUT2D eigenvalue weighted by Gasteiger charge is 2.15. The lowest BCUT2D eigenvalue weighted by Crippen LogP contribution is -2.15. The number of carbonyl (C=O) groups excluding carboxylic acids is 1. The van der Waals surface area contributed by atoms with Gasteiger partial charge in [-0.25, -0.2) is 5.90 Å². The minimum absolute atomic E-state index is 0.0585. The van der Waals surface area contributed by atoms with E-state index >= 15 is 0 Å². The molecule has 4 heteroatoms. The Hall–Kier alpha value is -2.95. The molecule has 3 N–H and O–H groups in total. The fourth-order valence-electron chi connectivity index (χ4n) is 3.08. The molecule has 3 aromatic rings. The first-order valence-electron chi connectivity index (χ1n) is 8.92. The fourth-order valence-corrected chi connectivity index (χ4v) is 3.08. The molecule has 0 saturated carbocycles. The number of hydrogen-bond donors (Lipinski definition) is 2. The second-order valence-corrected chi connectivity index (χ2v) is 6.77. The van der Waals surface area contributed by atoms with Crippen LogP contribution in [-0.4, -0.2) is 5.91 Å². The third-order valence-electron chi connectivity index (χ3n) is 4.43. The first-order chi connectivity index (χ1) is 13.0. The molecule has 1 amide bonds. The van der Waals surface area contributed by atoms with Gasteiger partial charge in [0, 0.05) is 5.69 Å². The maximum absolute atomic E-state index is 12.4. The number of nitrogens with one attached hydrogen (secondary N) is 1. The Morgan fingerprint density at radius 1 is 0.926 bits per heavy atom. The second-order valence-electron chi connectivity index (χ2n) is 6.77. The molecule has 0 aliphatic rings. The lowest BCUT2D eigenvalue weighted by Gasteiger charge is -2.17. The van der Waals surface area contributed by atoms with Crippen molar-refractivity contribution in [3.63, 3.8) is 0 Å². The van der Waals surface area contributed by atoms with E-state index in [0.29, 0.717) is 0 Å². The number of aryl methyl sites for hydroxylation is 2. The average molecular weight is 360 g/mol.